The molecular weight excluding hydrogens is 158 g/mol. The van der Waals surface area contributed by atoms with Crippen LogP contribution in [0, 0.1) is 0 Å². The SMILES string of the molecule is NC(=O)c1nc2ncccc2o1. The lowest BCUT2D eigenvalue weighted by molar-refractivity contribution is 0.0969. The van der Waals surface area contributed by atoms with Crippen molar-refractivity contribution in [3.63, 3.8) is 0 Å². The summed E-state index contributed by atoms with van der Waals surface area (Å²) in [6.07, 6.45) is 1.57. The zero-order valence-electron chi connectivity index (χ0n) is 6.02. The average molecular weight is 163 g/mol. The van der Waals surface area contributed by atoms with Crippen LogP contribution in [0.4, 0.5) is 0 Å². The molecule has 2 aromatic heterocycles. The second kappa shape index (κ2) is 2.30. The molecule has 0 aromatic carbocycles. The number of nitrogens with zero attached hydrogens (tertiary/aromatic N) is 2. The number of rotatable bonds is 1. The fraction of sp³-hybridized carbons (Fsp3) is 0. The van der Waals surface area contributed by atoms with Gasteiger partial charge in [-0.2, -0.15) is 4.98 Å². The number of hydrogen-bond acceptors (Lipinski definition) is 4. The monoisotopic (exact) mass is 163 g/mol. The molecule has 2 N–H and O–H groups in total. The van der Waals surface area contributed by atoms with E-state index >= 15 is 0 Å². The summed E-state index contributed by atoms with van der Waals surface area (Å²) in [5.74, 6) is -0.795. The van der Waals surface area contributed by atoms with Crippen LogP contribution in [0.25, 0.3) is 11.2 Å². The number of carbonyl (C=O) groups is 1. The highest BCUT2D eigenvalue weighted by atomic mass is 16.4. The molecule has 2 aromatic rings. The normalized spacial score (nSPS) is 10.3. The highest BCUT2D eigenvalue weighted by Gasteiger charge is 2.09. The number of aromatic nitrogens is 2. The molecule has 0 aliphatic rings. The third kappa shape index (κ3) is 0.914. The van der Waals surface area contributed by atoms with Crippen LogP contribution in [0.1, 0.15) is 10.7 Å². The van der Waals surface area contributed by atoms with Crippen LogP contribution in [0.3, 0.4) is 0 Å². The molecule has 0 aliphatic carbocycles. The smallest absolute Gasteiger partial charge is 0.304 e. The summed E-state index contributed by atoms with van der Waals surface area (Å²) in [5.41, 5.74) is 5.81. The summed E-state index contributed by atoms with van der Waals surface area (Å²) in [6, 6.07) is 3.36. The van der Waals surface area contributed by atoms with E-state index in [-0.39, 0.29) is 5.89 Å². The number of hydrogen-bond donors (Lipinski definition) is 1. The molecule has 60 valence electrons. The van der Waals surface area contributed by atoms with Crippen LogP contribution in [0.5, 0.6) is 0 Å². The van der Waals surface area contributed by atoms with E-state index in [1.54, 1.807) is 18.3 Å². The molecule has 0 bridgehead atoms. The molecule has 1 amide bonds. The lowest BCUT2D eigenvalue weighted by Crippen LogP contribution is -2.10. The van der Waals surface area contributed by atoms with Crippen molar-refractivity contribution in [2.45, 2.75) is 0 Å². The largest absolute Gasteiger partial charge is 0.431 e. The molecular formula is C7H5N3O2. The molecule has 2 heterocycles. The van der Waals surface area contributed by atoms with Crippen LogP contribution in [-0.2, 0) is 0 Å². The van der Waals surface area contributed by atoms with Gasteiger partial charge in [-0.3, -0.25) is 4.79 Å². The van der Waals surface area contributed by atoms with Crippen molar-refractivity contribution in [2.75, 3.05) is 0 Å². The first kappa shape index (κ1) is 6.78. The summed E-state index contributed by atoms with van der Waals surface area (Å²) in [7, 11) is 0. The first-order chi connectivity index (χ1) is 5.77. The van der Waals surface area contributed by atoms with Crippen molar-refractivity contribution in [1.29, 1.82) is 0 Å². The molecule has 0 saturated heterocycles. The molecule has 12 heavy (non-hydrogen) atoms. The number of amides is 1. The maximum Gasteiger partial charge on any atom is 0.304 e. The average Bonchev–Trinajstić information content (AvgIpc) is 2.46. The Morgan fingerprint density at radius 1 is 1.58 bits per heavy atom. The quantitative estimate of drug-likeness (QED) is 0.656. The van der Waals surface area contributed by atoms with Gasteiger partial charge in [-0.25, -0.2) is 4.98 Å². The minimum absolute atomic E-state index is 0.108. The minimum Gasteiger partial charge on any atom is -0.431 e. The van der Waals surface area contributed by atoms with Crippen molar-refractivity contribution in [1.82, 2.24) is 9.97 Å². The zero-order valence-corrected chi connectivity index (χ0v) is 6.02. The number of pyridine rings is 1. The van der Waals surface area contributed by atoms with E-state index in [9.17, 15) is 4.79 Å². The van der Waals surface area contributed by atoms with E-state index in [4.69, 9.17) is 10.2 Å². The molecule has 0 aliphatic heterocycles. The van der Waals surface area contributed by atoms with Crippen molar-refractivity contribution in [2.24, 2.45) is 5.73 Å². The first-order valence-electron chi connectivity index (χ1n) is 3.29. The number of fused-ring (bicyclic) bond motifs is 1. The Hall–Kier alpha value is -1.91. The van der Waals surface area contributed by atoms with E-state index in [1.165, 1.54) is 0 Å². The molecule has 0 spiro atoms. The molecule has 0 saturated carbocycles. The van der Waals surface area contributed by atoms with E-state index in [2.05, 4.69) is 9.97 Å². The third-order valence-corrected chi connectivity index (χ3v) is 1.38. The maximum atomic E-state index is 10.6. The van der Waals surface area contributed by atoms with Crippen LogP contribution in [0.2, 0.25) is 0 Å². The van der Waals surface area contributed by atoms with Crippen molar-refractivity contribution in [3.8, 4) is 0 Å². The van der Waals surface area contributed by atoms with Crippen molar-refractivity contribution < 1.29 is 9.21 Å². The van der Waals surface area contributed by atoms with Gasteiger partial charge in [-0.05, 0) is 12.1 Å². The minimum atomic E-state index is -0.687. The van der Waals surface area contributed by atoms with E-state index in [0.29, 0.717) is 11.2 Å². The Balaban J connectivity index is 2.70. The zero-order chi connectivity index (χ0) is 8.55. The Labute approximate surface area is 67.2 Å². The number of primary amides is 1. The lowest BCUT2D eigenvalue weighted by Gasteiger charge is -1.80. The summed E-state index contributed by atoms with van der Waals surface area (Å²) >= 11 is 0. The molecule has 5 nitrogen and oxygen atoms in total. The fourth-order valence-corrected chi connectivity index (χ4v) is 0.874. The third-order valence-electron chi connectivity index (χ3n) is 1.38. The summed E-state index contributed by atoms with van der Waals surface area (Å²) in [4.78, 5) is 18.2. The Bertz CT molecular complexity index is 402. The molecule has 0 fully saturated rings. The number of carbonyl (C=O) groups excluding carboxylic acids is 1. The van der Waals surface area contributed by atoms with E-state index in [1.807, 2.05) is 0 Å². The van der Waals surface area contributed by atoms with E-state index in [0.717, 1.165) is 0 Å². The van der Waals surface area contributed by atoms with Crippen molar-refractivity contribution >= 4 is 17.1 Å². The lowest BCUT2D eigenvalue weighted by atomic mass is 10.5. The predicted molar refractivity (Wildman–Crippen MR) is 40.3 cm³/mol. The van der Waals surface area contributed by atoms with Crippen LogP contribution < -0.4 is 5.73 Å². The van der Waals surface area contributed by atoms with Gasteiger partial charge in [-0.15, -0.1) is 0 Å². The van der Waals surface area contributed by atoms with Gasteiger partial charge in [0.05, 0.1) is 0 Å². The second-order valence-corrected chi connectivity index (χ2v) is 2.21. The molecule has 0 atom stereocenters. The highest BCUT2D eigenvalue weighted by Crippen LogP contribution is 2.10. The van der Waals surface area contributed by atoms with Gasteiger partial charge >= 0.3 is 5.91 Å². The fourth-order valence-electron chi connectivity index (χ4n) is 0.874. The predicted octanol–water partition coefficient (Wildman–Crippen LogP) is 0.322. The summed E-state index contributed by atoms with van der Waals surface area (Å²) < 4.78 is 4.98. The van der Waals surface area contributed by atoms with Gasteiger partial charge < -0.3 is 10.2 Å². The van der Waals surface area contributed by atoms with Crippen LogP contribution in [-0.4, -0.2) is 15.9 Å². The topological polar surface area (TPSA) is 82.0 Å². The highest BCUT2D eigenvalue weighted by molar-refractivity contribution is 5.90. The standard InChI is InChI=1S/C7H5N3O2/c8-5(11)7-10-6-4(12-7)2-1-3-9-6/h1-3H,(H2,8,11). The van der Waals surface area contributed by atoms with Gasteiger partial charge in [-0.1, -0.05) is 0 Å². The summed E-state index contributed by atoms with van der Waals surface area (Å²) in [6.45, 7) is 0. The maximum absolute atomic E-state index is 10.6. The van der Waals surface area contributed by atoms with Crippen molar-refractivity contribution in [3.05, 3.63) is 24.2 Å². The molecule has 0 unspecified atom stereocenters. The number of nitrogens with two attached hydrogens (primary N) is 1. The Kier molecular flexibility index (Phi) is 1.30. The van der Waals surface area contributed by atoms with Crippen LogP contribution >= 0.6 is 0 Å². The van der Waals surface area contributed by atoms with Gasteiger partial charge in [0, 0.05) is 6.20 Å². The Morgan fingerprint density at radius 3 is 3.08 bits per heavy atom. The van der Waals surface area contributed by atoms with Gasteiger partial charge in [0.1, 0.15) is 0 Å². The van der Waals surface area contributed by atoms with Gasteiger partial charge in [0.25, 0.3) is 5.89 Å². The van der Waals surface area contributed by atoms with E-state index < -0.39 is 5.91 Å². The first-order valence-corrected chi connectivity index (χ1v) is 3.29. The summed E-state index contributed by atoms with van der Waals surface area (Å²) in [5, 5.41) is 0. The second-order valence-electron chi connectivity index (χ2n) is 2.21. The van der Waals surface area contributed by atoms with Gasteiger partial charge in [0.15, 0.2) is 11.2 Å². The molecule has 0 radical (unpaired) electrons. The molecule has 2 rings (SSSR count). The molecule has 5 heteroatoms. The Morgan fingerprint density at radius 2 is 2.42 bits per heavy atom. The van der Waals surface area contributed by atoms with Crippen LogP contribution in [0.15, 0.2) is 22.7 Å². The number of oxazole rings is 1. The van der Waals surface area contributed by atoms with Gasteiger partial charge in [0.2, 0.25) is 0 Å².